The Labute approximate surface area is 262 Å². The molecule has 0 saturated heterocycles. The molecule has 1 aliphatic carbocycles. The lowest BCUT2D eigenvalue weighted by atomic mass is 9.77. The minimum Gasteiger partial charge on any atom is -0.256 e. The fourth-order valence-corrected chi connectivity index (χ4v) is 7.55. The van der Waals surface area contributed by atoms with Crippen LogP contribution in [0.2, 0.25) is 0 Å². The van der Waals surface area contributed by atoms with E-state index in [0.717, 1.165) is 27.7 Å². The number of hydrogen-bond acceptors (Lipinski definition) is 2. The molecule has 0 saturated carbocycles. The maximum absolute atomic E-state index is 5.37. The highest BCUT2D eigenvalue weighted by Crippen LogP contribution is 2.54. The summed E-state index contributed by atoms with van der Waals surface area (Å²) in [7, 11) is 0. The van der Waals surface area contributed by atoms with E-state index in [9.17, 15) is 0 Å². The van der Waals surface area contributed by atoms with Crippen molar-refractivity contribution in [1.29, 1.82) is 0 Å². The molecular weight excluding hydrogens is 544 g/mol. The van der Waals surface area contributed by atoms with Crippen LogP contribution < -0.4 is 0 Å². The Morgan fingerprint density at radius 3 is 2.09 bits per heavy atom. The van der Waals surface area contributed by atoms with E-state index >= 15 is 0 Å². The van der Waals surface area contributed by atoms with Gasteiger partial charge in [0.2, 0.25) is 0 Å². The molecule has 0 amide bonds. The molecule has 0 unspecified atom stereocenters. The summed E-state index contributed by atoms with van der Waals surface area (Å²) in [6.07, 6.45) is 1.88. The number of rotatable bonds is 3. The first-order chi connectivity index (χ1) is 22.1. The number of hydrogen-bond donors (Lipinski definition) is 0. The highest BCUT2D eigenvalue weighted by Gasteiger charge is 2.39. The molecule has 1 aliphatic rings. The van der Waals surface area contributed by atoms with Crippen LogP contribution >= 0.6 is 0 Å². The molecule has 0 atom stereocenters. The standard InChI is InChI=1S/C43H30N2/c1-43(2)36-21-6-5-19-35(36)42-40(43)38(39-33-18-4-3-11-27(33)22-23-37(39)45-42)32-16-8-14-30(26-32)29-13-7-15-31(25-29)34-20-9-12-28-17-10-24-44-41(28)34/h3-26H,1-2H3. The summed E-state index contributed by atoms with van der Waals surface area (Å²) < 4.78 is 0. The lowest BCUT2D eigenvalue weighted by Gasteiger charge is -2.26. The van der Waals surface area contributed by atoms with Crippen molar-refractivity contribution in [2.24, 2.45) is 0 Å². The van der Waals surface area contributed by atoms with Gasteiger partial charge >= 0.3 is 0 Å². The summed E-state index contributed by atoms with van der Waals surface area (Å²) in [5, 5.41) is 4.84. The second-order valence-corrected chi connectivity index (χ2v) is 12.6. The van der Waals surface area contributed by atoms with Gasteiger partial charge in [0.05, 0.1) is 16.7 Å². The van der Waals surface area contributed by atoms with Crippen molar-refractivity contribution in [2.75, 3.05) is 0 Å². The fraction of sp³-hybridized carbons (Fsp3) is 0.0698. The van der Waals surface area contributed by atoms with E-state index in [1.807, 2.05) is 12.3 Å². The van der Waals surface area contributed by atoms with Gasteiger partial charge in [0.15, 0.2) is 0 Å². The summed E-state index contributed by atoms with van der Waals surface area (Å²) in [4.78, 5) is 10.1. The van der Waals surface area contributed by atoms with Crippen LogP contribution in [0.5, 0.6) is 0 Å². The third-order valence-corrected chi connectivity index (χ3v) is 9.65. The molecule has 212 valence electrons. The number of fused-ring (bicyclic) bond motifs is 7. The van der Waals surface area contributed by atoms with Crippen molar-refractivity contribution in [3.8, 4) is 44.6 Å². The molecule has 0 spiro atoms. The first-order valence-electron chi connectivity index (χ1n) is 15.6. The van der Waals surface area contributed by atoms with E-state index in [1.165, 1.54) is 60.7 Å². The van der Waals surface area contributed by atoms with Crippen molar-refractivity contribution in [1.82, 2.24) is 9.97 Å². The Morgan fingerprint density at radius 1 is 0.533 bits per heavy atom. The van der Waals surface area contributed by atoms with Crippen molar-refractivity contribution in [2.45, 2.75) is 19.3 Å². The lowest BCUT2D eigenvalue weighted by molar-refractivity contribution is 0.662. The number of para-hydroxylation sites is 1. The van der Waals surface area contributed by atoms with Gasteiger partial charge in [-0.05, 0) is 74.0 Å². The zero-order chi connectivity index (χ0) is 30.1. The Morgan fingerprint density at radius 2 is 1.20 bits per heavy atom. The molecule has 2 heteroatoms. The monoisotopic (exact) mass is 574 g/mol. The van der Waals surface area contributed by atoms with Crippen molar-refractivity contribution in [3.05, 3.63) is 157 Å². The van der Waals surface area contributed by atoms with E-state index in [0.29, 0.717) is 0 Å². The highest BCUT2D eigenvalue weighted by molar-refractivity contribution is 6.16. The summed E-state index contributed by atoms with van der Waals surface area (Å²) in [6.45, 7) is 4.71. The fourth-order valence-electron chi connectivity index (χ4n) is 7.55. The first kappa shape index (κ1) is 25.9. The van der Waals surface area contributed by atoms with Crippen LogP contribution in [0.3, 0.4) is 0 Å². The van der Waals surface area contributed by atoms with Gasteiger partial charge < -0.3 is 0 Å². The third-order valence-electron chi connectivity index (χ3n) is 9.65. The predicted molar refractivity (Wildman–Crippen MR) is 188 cm³/mol. The predicted octanol–water partition coefficient (Wildman–Crippen LogP) is 11.2. The van der Waals surface area contributed by atoms with Crippen LogP contribution in [0, 0.1) is 0 Å². The lowest BCUT2D eigenvalue weighted by Crippen LogP contribution is -2.16. The molecule has 2 heterocycles. The van der Waals surface area contributed by atoms with Gasteiger partial charge in [-0.25, -0.2) is 4.98 Å². The van der Waals surface area contributed by atoms with E-state index in [4.69, 9.17) is 9.97 Å². The maximum Gasteiger partial charge on any atom is 0.0780 e. The Bertz CT molecular complexity index is 2460. The number of nitrogens with zero attached hydrogens (tertiary/aromatic N) is 2. The minimum absolute atomic E-state index is 0.198. The summed E-state index contributed by atoms with van der Waals surface area (Å²) >= 11 is 0. The average Bonchev–Trinajstić information content (AvgIpc) is 3.33. The molecule has 6 aromatic carbocycles. The molecule has 0 N–H and O–H groups in total. The summed E-state index contributed by atoms with van der Waals surface area (Å²) in [6, 6.07) is 50.4. The van der Waals surface area contributed by atoms with E-state index in [1.54, 1.807) is 0 Å². The van der Waals surface area contributed by atoms with Gasteiger partial charge in [-0.1, -0.05) is 129 Å². The van der Waals surface area contributed by atoms with E-state index in [-0.39, 0.29) is 5.41 Å². The normalized spacial score (nSPS) is 13.3. The molecule has 2 aromatic heterocycles. The topological polar surface area (TPSA) is 25.8 Å². The van der Waals surface area contributed by atoms with Gasteiger partial charge in [0.25, 0.3) is 0 Å². The second-order valence-electron chi connectivity index (χ2n) is 12.6. The van der Waals surface area contributed by atoms with E-state index < -0.39 is 0 Å². The molecule has 2 nitrogen and oxygen atoms in total. The molecule has 0 bridgehead atoms. The molecule has 45 heavy (non-hydrogen) atoms. The van der Waals surface area contributed by atoms with Gasteiger partial charge in [0.1, 0.15) is 0 Å². The molecule has 0 radical (unpaired) electrons. The molecule has 9 rings (SSSR count). The quantitative estimate of drug-likeness (QED) is 0.196. The first-order valence-corrected chi connectivity index (χ1v) is 15.6. The van der Waals surface area contributed by atoms with Crippen molar-refractivity contribution < 1.29 is 0 Å². The van der Waals surface area contributed by atoms with Crippen molar-refractivity contribution in [3.63, 3.8) is 0 Å². The minimum atomic E-state index is -0.198. The van der Waals surface area contributed by atoms with Crippen LogP contribution in [0.15, 0.2) is 146 Å². The number of aromatic nitrogens is 2. The Kier molecular flexibility index (Phi) is 5.58. The SMILES string of the molecule is CC1(C)c2ccccc2-c2nc3ccc4ccccc4c3c(-c3cccc(-c4cccc(-c5cccc6cccnc56)c4)c3)c21. The van der Waals surface area contributed by atoms with Crippen LogP contribution in [0.25, 0.3) is 77.2 Å². The van der Waals surface area contributed by atoms with Gasteiger partial charge in [0, 0.05) is 33.5 Å². The van der Waals surface area contributed by atoms with Gasteiger partial charge in [-0.2, -0.15) is 0 Å². The van der Waals surface area contributed by atoms with Crippen molar-refractivity contribution >= 4 is 32.6 Å². The third kappa shape index (κ3) is 3.89. The summed E-state index contributed by atoms with van der Waals surface area (Å²) in [5.41, 5.74) is 14.0. The average molecular weight is 575 g/mol. The Hall–Kier alpha value is -5.60. The van der Waals surface area contributed by atoms with Gasteiger partial charge in [-0.3, -0.25) is 4.98 Å². The molecule has 8 aromatic rings. The second kappa shape index (κ2) is 9.70. The molecule has 0 aliphatic heterocycles. The largest absolute Gasteiger partial charge is 0.256 e. The highest BCUT2D eigenvalue weighted by atomic mass is 14.7. The number of pyridine rings is 2. The van der Waals surface area contributed by atoms with Gasteiger partial charge in [-0.15, -0.1) is 0 Å². The van der Waals surface area contributed by atoms with Crippen LogP contribution in [-0.4, -0.2) is 9.97 Å². The summed E-state index contributed by atoms with van der Waals surface area (Å²) in [5.74, 6) is 0. The molecular formula is C43H30N2. The zero-order valence-electron chi connectivity index (χ0n) is 25.3. The number of benzene rings is 6. The smallest absolute Gasteiger partial charge is 0.0780 e. The van der Waals surface area contributed by atoms with Crippen LogP contribution in [0.4, 0.5) is 0 Å². The zero-order valence-corrected chi connectivity index (χ0v) is 25.3. The van der Waals surface area contributed by atoms with Crippen LogP contribution in [-0.2, 0) is 5.41 Å². The Balaban J connectivity index is 1.30. The maximum atomic E-state index is 5.37. The van der Waals surface area contributed by atoms with E-state index in [2.05, 4.69) is 147 Å². The molecule has 0 fully saturated rings. The van der Waals surface area contributed by atoms with Crippen LogP contribution in [0.1, 0.15) is 25.0 Å².